The van der Waals surface area contributed by atoms with E-state index in [-0.39, 0.29) is 5.92 Å². The number of primary amides is 1. The lowest BCUT2D eigenvalue weighted by atomic mass is 9.90. The zero-order chi connectivity index (χ0) is 24.3. The highest BCUT2D eigenvalue weighted by Gasteiger charge is 2.18. The molecule has 0 aliphatic carbocycles. The van der Waals surface area contributed by atoms with E-state index in [1.165, 1.54) is 16.7 Å². The van der Waals surface area contributed by atoms with Crippen molar-refractivity contribution in [1.29, 1.82) is 0 Å². The Morgan fingerprint density at radius 2 is 1.51 bits per heavy atom. The van der Waals surface area contributed by atoms with Crippen LogP contribution in [0.3, 0.4) is 0 Å². The maximum absolute atomic E-state index is 11.4. The second-order valence-corrected chi connectivity index (χ2v) is 8.56. The monoisotopic (exact) mass is 465 g/mol. The smallest absolute Gasteiger partial charge is 0.248 e. The van der Waals surface area contributed by atoms with E-state index < -0.39 is 5.91 Å². The number of rotatable bonds is 12. The van der Waals surface area contributed by atoms with Crippen molar-refractivity contribution in [2.45, 2.75) is 18.9 Å². The lowest BCUT2D eigenvalue weighted by Gasteiger charge is -2.28. The van der Waals surface area contributed by atoms with E-state index in [9.17, 15) is 4.79 Å². The molecule has 5 heteroatoms. The van der Waals surface area contributed by atoms with Crippen LogP contribution in [-0.2, 0) is 6.54 Å². The molecule has 0 aliphatic heterocycles. The standard InChI is InChI=1S/C30H31N3O2/c31-30(34)27-13-7-14-28(21-27)35-20-8-19-33(22-24-15-17-32-18-16-24)23-29(25-9-3-1-4-10-25)26-11-5-2-6-12-26/h1-7,9-18,21,29H,8,19-20,22-23H2,(H2,31,34). The van der Waals surface area contributed by atoms with Crippen LogP contribution in [0.2, 0.25) is 0 Å². The van der Waals surface area contributed by atoms with Gasteiger partial charge in [0.15, 0.2) is 0 Å². The van der Waals surface area contributed by atoms with Crippen LogP contribution < -0.4 is 10.5 Å². The Kier molecular flexibility index (Phi) is 8.63. The number of aromatic nitrogens is 1. The number of pyridine rings is 1. The van der Waals surface area contributed by atoms with Gasteiger partial charge in [-0.25, -0.2) is 0 Å². The molecule has 0 saturated carbocycles. The highest BCUT2D eigenvalue weighted by Crippen LogP contribution is 2.26. The second-order valence-electron chi connectivity index (χ2n) is 8.56. The highest BCUT2D eigenvalue weighted by atomic mass is 16.5. The number of benzene rings is 3. The maximum atomic E-state index is 11.4. The SMILES string of the molecule is NC(=O)c1cccc(OCCCN(Cc2ccncc2)CC(c2ccccc2)c2ccccc2)c1. The number of amides is 1. The molecule has 4 aromatic rings. The van der Waals surface area contributed by atoms with E-state index in [0.29, 0.717) is 17.9 Å². The van der Waals surface area contributed by atoms with Crippen molar-refractivity contribution in [3.8, 4) is 5.75 Å². The molecule has 2 N–H and O–H groups in total. The predicted octanol–water partition coefficient (Wildman–Crippen LogP) is 5.28. The zero-order valence-corrected chi connectivity index (χ0v) is 19.8. The summed E-state index contributed by atoms with van der Waals surface area (Å²) in [5.41, 5.74) is 9.68. The van der Waals surface area contributed by atoms with Crippen LogP contribution in [0.5, 0.6) is 5.75 Å². The Hall–Kier alpha value is -3.96. The molecule has 3 aromatic carbocycles. The lowest BCUT2D eigenvalue weighted by molar-refractivity contribution is 0.1000. The van der Waals surface area contributed by atoms with Crippen LogP contribution in [0.25, 0.3) is 0 Å². The summed E-state index contributed by atoms with van der Waals surface area (Å²) in [4.78, 5) is 18.1. The second kappa shape index (κ2) is 12.5. The van der Waals surface area contributed by atoms with Gasteiger partial charge in [0.1, 0.15) is 5.75 Å². The van der Waals surface area contributed by atoms with Crippen molar-refractivity contribution in [3.05, 3.63) is 132 Å². The third-order valence-electron chi connectivity index (χ3n) is 6.01. The first-order valence-corrected chi connectivity index (χ1v) is 11.9. The molecule has 1 aromatic heterocycles. The van der Waals surface area contributed by atoms with Gasteiger partial charge in [-0.2, -0.15) is 0 Å². The Bertz CT molecular complexity index is 1140. The normalized spacial score (nSPS) is 11.0. The van der Waals surface area contributed by atoms with Crippen molar-refractivity contribution in [2.24, 2.45) is 5.73 Å². The van der Waals surface area contributed by atoms with Gasteiger partial charge < -0.3 is 10.5 Å². The molecular weight excluding hydrogens is 434 g/mol. The van der Waals surface area contributed by atoms with Crippen molar-refractivity contribution in [1.82, 2.24) is 9.88 Å². The average Bonchev–Trinajstić information content (AvgIpc) is 2.91. The van der Waals surface area contributed by atoms with Gasteiger partial charge in [-0.3, -0.25) is 14.7 Å². The van der Waals surface area contributed by atoms with Crippen LogP contribution in [0.1, 0.15) is 39.4 Å². The Labute approximate surface area is 207 Å². The summed E-state index contributed by atoms with van der Waals surface area (Å²) in [6.45, 7) is 3.13. The molecule has 0 aliphatic rings. The molecule has 0 saturated heterocycles. The Morgan fingerprint density at radius 1 is 0.857 bits per heavy atom. The van der Waals surface area contributed by atoms with Crippen LogP contribution in [0.15, 0.2) is 109 Å². The first-order chi connectivity index (χ1) is 17.2. The van der Waals surface area contributed by atoms with E-state index in [2.05, 4.69) is 82.7 Å². The summed E-state index contributed by atoms with van der Waals surface area (Å²) in [5, 5.41) is 0. The van der Waals surface area contributed by atoms with E-state index in [1.54, 1.807) is 18.2 Å². The minimum absolute atomic E-state index is 0.257. The summed E-state index contributed by atoms with van der Waals surface area (Å²) in [7, 11) is 0. The van der Waals surface area contributed by atoms with Gasteiger partial charge in [0, 0.05) is 43.5 Å². The van der Waals surface area contributed by atoms with Crippen molar-refractivity contribution in [3.63, 3.8) is 0 Å². The van der Waals surface area contributed by atoms with E-state index >= 15 is 0 Å². The number of hydrogen-bond donors (Lipinski definition) is 1. The molecule has 0 bridgehead atoms. The summed E-state index contributed by atoms with van der Waals surface area (Å²) in [6.07, 6.45) is 4.53. The van der Waals surface area contributed by atoms with Crippen LogP contribution in [0.4, 0.5) is 0 Å². The van der Waals surface area contributed by atoms with Crippen LogP contribution >= 0.6 is 0 Å². The quantitative estimate of drug-likeness (QED) is 0.289. The average molecular weight is 466 g/mol. The van der Waals surface area contributed by atoms with E-state index in [4.69, 9.17) is 10.5 Å². The lowest BCUT2D eigenvalue weighted by Crippen LogP contribution is -2.30. The first-order valence-electron chi connectivity index (χ1n) is 11.9. The van der Waals surface area contributed by atoms with Gasteiger partial charge in [0.2, 0.25) is 5.91 Å². The number of ether oxygens (including phenoxy) is 1. The molecular formula is C30H31N3O2. The summed E-state index contributed by atoms with van der Waals surface area (Å²) in [5.74, 6) is 0.465. The molecule has 1 amide bonds. The third-order valence-corrected chi connectivity index (χ3v) is 6.01. The molecule has 35 heavy (non-hydrogen) atoms. The summed E-state index contributed by atoms with van der Waals surface area (Å²) in [6, 6.07) is 32.5. The Morgan fingerprint density at radius 3 is 2.14 bits per heavy atom. The van der Waals surface area contributed by atoms with Crippen LogP contribution in [0, 0.1) is 0 Å². The molecule has 1 heterocycles. The molecule has 5 nitrogen and oxygen atoms in total. The summed E-state index contributed by atoms with van der Waals surface area (Å²) < 4.78 is 5.93. The minimum atomic E-state index is -0.452. The van der Waals surface area contributed by atoms with E-state index in [1.807, 2.05) is 18.5 Å². The fraction of sp³-hybridized carbons (Fsp3) is 0.200. The van der Waals surface area contributed by atoms with Crippen LogP contribution in [-0.4, -0.2) is 35.5 Å². The fourth-order valence-electron chi connectivity index (χ4n) is 4.23. The van der Waals surface area contributed by atoms with Gasteiger partial charge in [0.25, 0.3) is 0 Å². The largest absolute Gasteiger partial charge is 0.494 e. The minimum Gasteiger partial charge on any atom is -0.494 e. The Balaban J connectivity index is 1.46. The molecule has 0 spiro atoms. The van der Waals surface area contributed by atoms with Gasteiger partial charge >= 0.3 is 0 Å². The van der Waals surface area contributed by atoms with Crippen molar-refractivity contribution < 1.29 is 9.53 Å². The topological polar surface area (TPSA) is 68.5 Å². The molecule has 0 unspecified atom stereocenters. The zero-order valence-electron chi connectivity index (χ0n) is 19.8. The maximum Gasteiger partial charge on any atom is 0.248 e. The van der Waals surface area contributed by atoms with Gasteiger partial charge in [-0.15, -0.1) is 0 Å². The third kappa shape index (κ3) is 7.26. The van der Waals surface area contributed by atoms with Crippen molar-refractivity contribution in [2.75, 3.05) is 19.7 Å². The number of carbonyl (C=O) groups is 1. The molecule has 0 atom stereocenters. The van der Waals surface area contributed by atoms with Gasteiger partial charge in [-0.05, 0) is 53.4 Å². The molecule has 0 fully saturated rings. The van der Waals surface area contributed by atoms with Gasteiger partial charge in [0.05, 0.1) is 6.61 Å². The number of nitrogens with zero attached hydrogens (tertiary/aromatic N) is 2. The molecule has 178 valence electrons. The first kappa shape index (κ1) is 24.2. The predicted molar refractivity (Wildman–Crippen MR) is 139 cm³/mol. The number of carbonyl (C=O) groups excluding carboxylic acids is 1. The number of nitrogens with two attached hydrogens (primary N) is 1. The molecule has 4 rings (SSSR count). The number of hydrogen-bond acceptors (Lipinski definition) is 4. The van der Waals surface area contributed by atoms with E-state index in [0.717, 1.165) is 26.1 Å². The highest BCUT2D eigenvalue weighted by molar-refractivity contribution is 5.93. The van der Waals surface area contributed by atoms with Gasteiger partial charge in [-0.1, -0.05) is 66.7 Å². The fourth-order valence-corrected chi connectivity index (χ4v) is 4.23. The van der Waals surface area contributed by atoms with Crippen molar-refractivity contribution >= 4 is 5.91 Å². The molecule has 0 radical (unpaired) electrons. The summed E-state index contributed by atoms with van der Waals surface area (Å²) >= 11 is 0.